The fourth-order valence-corrected chi connectivity index (χ4v) is 5.05. The van der Waals surface area contributed by atoms with Gasteiger partial charge in [0.15, 0.2) is 11.5 Å². The number of ketones is 2. The summed E-state index contributed by atoms with van der Waals surface area (Å²) in [5.41, 5.74) is 0.511. The summed E-state index contributed by atoms with van der Waals surface area (Å²) in [6, 6.07) is 4.48. The van der Waals surface area contributed by atoms with E-state index in [-0.39, 0.29) is 51.3 Å². The third-order valence-electron chi connectivity index (χ3n) is 6.38. The highest BCUT2D eigenvalue weighted by molar-refractivity contribution is 6.50. The van der Waals surface area contributed by atoms with Crippen LogP contribution in [0, 0.1) is 23.2 Å². The summed E-state index contributed by atoms with van der Waals surface area (Å²) >= 11 is 12.8. The number of nitrogens with zero attached hydrogens (tertiary/aromatic N) is 4. The molecule has 0 bridgehead atoms. The van der Waals surface area contributed by atoms with E-state index in [1.807, 2.05) is 0 Å². The second-order valence-corrected chi connectivity index (χ2v) is 9.38. The lowest BCUT2D eigenvalue weighted by Crippen LogP contribution is -2.36. The van der Waals surface area contributed by atoms with E-state index < -0.39 is 18.1 Å². The number of amides is 1. The molecule has 2 aliphatic heterocycles. The number of carbonyl (C=O) groups excluding carboxylic acids is 3. The molecule has 2 heterocycles. The molecule has 0 saturated heterocycles. The van der Waals surface area contributed by atoms with Crippen LogP contribution in [-0.4, -0.2) is 35.6 Å². The lowest BCUT2D eigenvalue weighted by atomic mass is 9.76. The molecule has 8 nitrogen and oxygen atoms in total. The first-order valence-electron chi connectivity index (χ1n) is 11.1. The predicted octanol–water partition coefficient (Wildman–Crippen LogP) is 4.68. The number of dihydropyridines is 1. The SMILES string of the molecule is CC(C1=CC(Oc2c(Cl)cc(N3N=C(C#N)C(=O)CC3=O)cc2Cl)=NCC1=O)C1CCCCC1. The minimum Gasteiger partial charge on any atom is -0.436 e. The van der Waals surface area contributed by atoms with Crippen molar-refractivity contribution in [3.8, 4) is 11.8 Å². The van der Waals surface area contributed by atoms with Gasteiger partial charge in [-0.1, -0.05) is 49.4 Å². The average molecular weight is 501 g/mol. The maximum atomic E-state index is 12.6. The largest absolute Gasteiger partial charge is 0.436 e. The highest BCUT2D eigenvalue weighted by atomic mass is 35.5. The predicted molar refractivity (Wildman–Crippen MR) is 128 cm³/mol. The van der Waals surface area contributed by atoms with E-state index >= 15 is 0 Å². The third kappa shape index (κ3) is 4.91. The van der Waals surface area contributed by atoms with Gasteiger partial charge in [0, 0.05) is 11.6 Å². The zero-order chi connectivity index (χ0) is 24.4. The lowest BCUT2D eigenvalue weighted by molar-refractivity contribution is -0.124. The number of anilines is 1. The van der Waals surface area contributed by atoms with Crippen LogP contribution in [0.3, 0.4) is 0 Å². The zero-order valence-corrected chi connectivity index (χ0v) is 20.0. The van der Waals surface area contributed by atoms with Crippen molar-refractivity contribution in [2.75, 3.05) is 11.6 Å². The second-order valence-electron chi connectivity index (χ2n) is 8.57. The average Bonchev–Trinajstić information content (AvgIpc) is 2.82. The van der Waals surface area contributed by atoms with Crippen LogP contribution in [0.25, 0.3) is 0 Å². The van der Waals surface area contributed by atoms with E-state index in [0.717, 1.165) is 17.9 Å². The molecule has 1 saturated carbocycles. The lowest BCUT2D eigenvalue weighted by Gasteiger charge is -2.29. The topological polar surface area (TPSA) is 112 Å². The van der Waals surface area contributed by atoms with E-state index in [1.54, 1.807) is 12.1 Å². The first-order valence-corrected chi connectivity index (χ1v) is 11.8. The molecule has 1 aromatic carbocycles. The van der Waals surface area contributed by atoms with Crippen molar-refractivity contribution >= 4 is 58.0 Å². The Morgan fingerprint density at radius 1 is 1.12 bits per heavy atom. The molecule has 0 aromatic heterocycles. The number of carbonyl (C=O) groups is 3. The number of ether oxygens (including phenoxy) is 1. The molecule has 4 rings (SSSR count). The molecular formula is C24H22Cl2N4O4. The van der Waals surface area contributed by atoms with Crippen molar-refractivity contribution in [2.24, 2.45) is 21.9 Å². The van der Waals surface area contributed by atoms with Gasteiger partial charge in [-0.2, -0.15) is 15.4 Å². The van der Waals surface area contributed by atoms with Gasteiger partial charge in [0.1, 0.15) is 12.6 Å². The Kier molecular flexibility index (Phi) is 7.15. The van der Waals surface area contributed by atoms with Crippen molar-refractivity contribution < 1.29 is 19.1 Å². The Hall–Kier alpha value is -3.02. The van der Waals surface area contributed by atoms with Gasteiger partial charge < -0.3 is 4.74 Å². The van der Waals surface area contributed by atoms with Crippen molar-refractivity contribution in [1.82, 2.24) is 0 Å². The summed E-state index contributed by atoms with van der Waals surface area (Å²) in [5, 5.41) is 13.9. The van der Waals surface area contributed by atoms with Crippen LogP contribution in [-0.2, 0) is 14.4 Å². The van der Waals surface area contributed by atoms with Gasteiger partial charge in [-0.15, -0.1) is 0 Å². The van der Waals surface area contributed by atoms with Crippen molar-refractivity contribution in [3.63, 3.8) is 0 Å². The van der Waals surface area contributed by atoms with E-state index in [4.69, 9.17) is 33.2 Å². The Balaban J connectivity index is 1.57. The number of hydrogen-bond acceptors (Lipinski definition) is 7. The van der Waals surface area contributed by atoms with Crippen molar-refractivity contribution in [3.05, 3.63) is 33.8 Å². The molecule has 0 spiro atoms. The van der Waals surface area contributed by atoms with E-state index in [1.165, 1.54) is 31.4 Å². The van der Waals surface area contributed by atoms with E-state index in [9.17, 15) is 14.4 Å². The van der Waals surface area contributed by atoms with Crippen LogP contribution in [0.4, 0.5) is 5.69 Å². The number of hydrogen-bond donors (Lipinski definition) is 0. The highest BCUT2D eigenvalue weighted by Gasteiger charge is 2.31. The minimum absolute atomic E-state index is 0.00644. The van der Waals surface area contributed by atoms with Gasteiger partial charge in [0.05, 0.1) is 22.2 Å². The maximum Gasteiger partial charge on any atom is 0.255 e. The van der Waals surface area contributed by atoms with Crippen LogP contribution >= 0.6 is 23.2 Å². The van der Waals surface area contributed by atoms with Gasteiger partial charge in [-0.05, 0) is 36.8 Å². The first-order chi connectivity index (χ1) is 16.3. The molecule has 10 heteroatoms. The number of nitriles is 1. The third-order valence-corrected chi connectivity index (χ3v) is 6.94. The molecular weight excluding hydrogens is 479 g/mol. The summed E-state index contributed by atoms with van der Waals surface area (Å²) in [5.74, 6) is -0.343. The number of hydrazone groups is 1. The zero-order valence-electron chi connectivity index (χ0n) is 18.5. The number of benzene rings is 1. The molecule has 1 fully saturated rings. The van der Waals surface area contributed by atoms with Gasteiger partial charge in [0.25, 0.3) is 5.91 Å². The fourth-order valence-electron chi connectivity index (χ4n) is 4.50. The smallest absolute Gasteiger partial charge is 0.255 e. The van der Waals surface area contributed by atoms with Crippen LogP contribution in [0.2, 0.25) is 10.0 Å². The monoisotopic (exact) mass is 500 g/mol. The Labute approximate surface area is 206 Å². The standard InChI is InChI=1S/C24H22Cl2N4O4/c1-13(14-5-3-2-4-6-14)16-9-22(28-12-21(16)32)34-24-17(25)7-15(8-18(24)26)30-23(33)10-20(31)19(11-27)29-30/h7-9,13-14H,2-6,10,12H2,1H3. The fraction of sp³-hybridized carbons (Fsp3) is 0.417. The number of aliphatic imine (C=N–C) groups is 1. The summed E-state index contributed by atoms with van der Waals surface area (Å²) in [4.78, 5) is 40.7. The van der Waals surface area contributed by atoms with E-state index in [2.05, 4.69) is 17.0 Å². The normalized spacial score (nSPS) is 20.4. The van der Waals surface area contributed by atoms with Gasteiger partial charge in [-0.25, -0.2) is 4.99 Å². The molecule has 1 unspecified atom stereocenters. The van der Waals surface area contributed by atoms with Crippen molar-refractivity contribution in [2.45, 2.75) is 45.4 Å². The Morgan fingerprint density at radius 2 is 1.79 bits per heavy atom. The van der Waals surface area contributed by atoms with Gasteiger partial charge >= 0.3 is 0 Å². The van der Waals surface area contributed by atoms with E-state index in [0.29, 0.717) is 11.5 Å². The Morgan fingerprint density at radius 3 is 2.44 bits per heavy atom. The number of Topliss-reactive ketones (excluding diaryl/α,β-unsaturated/α-hetero) is 2. The quantitative estimate of drug-likeness (QED) is 0.556. The number of halogens is 2. The van der Waals surface area contributed by atoms with Crippen LogP contribution < -0.4 is 9.75 Å². The molecule has 176 valence electrons. The molecule has 3 aliphatic rings. The molecule has 1 aliphatic carbocycles. The molecule has 1 aromatic rings. The number of rotatable bonds is 4. The summed E-state index contributed by atoms with van der Waals surface area (Å²) in [6.07, 6.45) is 7.00. The minimum atomic E-state index is -0.643. The summed E-state index contributed by atoms with van der Waals surface area (Å²) in [7, 11) is 0. The summed E-state index contributed by atoms with van der Waals surface area (Å²) < 4.78 is 5.87. The van der Waals surface area contributed by atoms with Gasteiger partial charge in [-0.3, -0.25) is 14.4 Å². The molecule has 1 amide bonds. The van der Waals surface area contributed by atoms with Crippen LogP contribution in [0.5, 0.6) is 5.75 Å². The van der Waals surface area contributed by atoms with Crippen LogP contribution in [0.1, 0.15) is 45.4 Å². The molecule has 34 heavy (non-hydrogen) atoms. The van der Waals surface area contributed by atoms with Gasteiger partial charge in [0.2, 0.25) is 17.4 Å². The highest BCUT2D eigenvalue weighted by Crippen LogP contribution is 2.39. The Bertz CT molecular complexity index is 1170. The second kappa shape index (κ2) is 10.1. The van der Waals surface area contributed by atoms with Crippen molar-refractivity contribution in [1.29, 1.82) is 5.26 Å². The van der Waals surface area contributed by atoms with Crippen LogP contribution in [0.15, 0.2) is 33.9 Å². The maximum absolute atomic E-state index is 12.6. The first kappa shape index (κ1) is 24.1. The molecule has 0 N–H and O–H groups in total. The summed E-state index contributed by atoms with van der Waals surface area (Å²) in [6.45, 7) is 2.07. The molecule has 0 radical (unpaired) electrons. The molecule has 1 atom stereocenters.